The maximum Gasteiger partial charge on any atom is 0.0399 e. The van der Waals surface area contributed by atoms with Gasteiger partial charge in [0, 0.05) is 25.3 Å². The summed E-state index contributed by atoms with van der Waals surface area (Å²) in [6.45, 7) is 4.41. The Labute approximate surface area is 127 Å². The summed E-state index contributed by atoms with van der Waals surface area (Å²) < 4.78 is 0. The van der Waals surface area contributed by atoms with Gasteiger partial charge in [-0.05, 0) is 43.0 Å². The van der Waals surface area contributed by atoms with Crippen molar-refractivity contribution in [3.8, 4) is 0 Å². The number of aryl methyl sites for hydroxylation is 1. The Bertz CT molecular complexity index is 551. The lowest BCUT2D eigenvalue weighted by atomic mass is 10.0. The molecule has 0 amide bonds. The Hall–Kier alpha value is -1.80. The van der Waals surface area contributed by atoms with Gasteiger partial charge in [0.2, 0.25) is 0 Å². The Morgan fingerprint density at radius 1 is 0.905 bits per heavy atom. The van der Waals surface area contributed by atoms with Crippen LogP contribution in [0.25, 0.3) is 0 Å². The smallest absolute Gasteiger partial charge is 0.0399 e. The Balaban J connectivity index is 1.42. The summed E-state index contributed by atoms with van der Waals surface area (Å²) >= 11 is 0. The molecule has 0 unspecified atom stereocenters. The van der Waals surface area contributed by atoms with Crippen LogP contribution in [0.4, 0.5) is 5.69 Å². The number of hydrogen-bond acceptors (Lipinski definition) is 2. The van der Waals surface area contributed by atoms with Crippen LogP contribution in [0, 0.1) is 0 Å². The van der Waals surface area contributed by atoms with Crippen molar-refractivity contribution in [2.45, 2.75) is 19.3 Å². The molecule has 0 spiro atoms. The summed E-state index contributed by atoms with van der Waals surface area (Å²) in [7, 11) is 0. The van der Waals surface area contributed by atoms with Gasteiger partial charge >= 0.3 is 0 Å². The third kappa shape index (κ3) is 3.85. The van der Waals surface area contributed by atoms with Crippen molar-refractivity contribution >= 4 is 5.69 Å². The van der Waals surface area contributed by atoms with E-state index in [0.29, 0.717) is 0 Å². The third-order valence-corrected chi connectivity index (χ3v) is 4.20. The van der Waals surface area contributed by atoms with Gasteiger partial charge in [-0.1, -0.05) is 48.5 Å². The second-order valence-corrected chi connectivity index (χ2v) is 5.70. The molecule has 0 aliphatic carbocycles. The highest BCUT2D eigenvalue weighted by Gasteiger charge is 2.15. The first-order valence-electron chi connectivity index (χ1n) is 8.01. The summed E-state index contributed by atoms with van der Waals surface area (Å²) in [5.74, 6) is 0. The Kier molecular flexibility index (Phi) is 4.90. The van der Waals surface area contributed by atoms with Crippen LogP contribution < -0.4 is 10.2 Å². The van der Waals surface area contributed by atoms with Crippen molar-refractivity contribution in [3.05, 3.63) is 65.7 Å². The first kappa shape index (κ1) is 14.2. The minimum atomic E-state index is 1.06. The summed E-state index contributed by atoms with van der Waals surface area (Å²) in [5, 5.41) is 3.57. The molecule has 0 fully saturated rings. The highest BCUT2D eigenvalue weighted by atomic mass is 15.1. The summed E-state index contributed by atoms with van der Waals surface area (Å²) in [5.41, 5.74) is 4.36. The van der Waals surface area contributed by atoms with Gasteiger partial charge in [-0.15, -0.1) is 0 Å². The maximum atomic E-state index is 3.57. The van der Waals surface area contributed by atoms with Gasteiger partial charge in [0.15, 0.2) is 0 Å². The van der Waals surface area contributed by atoms with E-state index in [9.17, 15) is 0 Å². The van der Waals surface area contributed by atoms with E-state index in [4.69, 9.17) is 0 Å². The molecule has 1 heterocycles. The van der Waals surface area contributed by atoms with E-state index in [1.165, 1.54) is 36.2 Å². The van der Waals surface area contributed by atoms with Crippen LogP contribution in [-0.4, -0.2) is 26.2 Å². The lowest BCUT2D eigenvalue weighted by molar-refractivity contribution is 0.630. The zero-order chi connectivity index (χ0) is 14.3. The standard InChI is InChI=1S/C19H24N2/c1-2-7-17(8-3-1)12-13-20-14-16-21-15-6-10-18-9-4-5-11-19(18)21/h1-5,7-9,11,20H,6,10,12-16H2. The number of nitrogens with one attached hydrogen (secondary N) is 1. The summed E-state index contributed by atoms with van der Waals surface area (Å²) in [4.78, 5) is 2.52. The highest BCUT2D eigenvalue weighted by Crippen LogP contribution is 2.25. The zero-order valence-electron chi connectivity index (χ0n) is 12.6. The molecule has 21 heavy (non-hydrogen) atoms. The number of rotatable bonds is 6. The second kappa shape index (κ2) is 7.28. The molecule has 2 aromatic rings. The van der Waals surface area contributed by atoms with Crippen molar-refractivity contribution < 1.29 is 0 Å². The van der Waals surface area contributed by atoms with Gasteiger partial charge in [-0.2, -0.15) is 0 Å². The molecular weight excluding hydrogens is 256 g/mol. The fourth-order valence-electron chi connectivity index (χ4n) is 3.06. The number of hydrogen-bond donors (Lipinski definition) is 1. The van der Waals surface area contributed by atoms with Gasteiger partial charge in [-0.25, -0.2) is 0 Å². The molecule has 1 N–H and O–H groups in total. The van der Waals surface area contributed by atoms with Gasteiger partial charge in [-0.3, -0.25) is 0 Å². The maximum absolute atomic E-state index is 3.57. The van der Waals surface area contributed by atoms with Crippen LogP contribution in [-0.2, 0) is 12.8 Å². The first-order valence-corrected chi connectivity index (χ1v) is 8.01. The van der Waals surface area contributed by atoms with Crippen LogP contribution in [0.2, 0.25) is 0 Å². The SMILES string of the molecule is c1ccc(CCNCCN2CCCc3ccccc32)cc1. The molecule has 0 radical (unpaired) electrons. The van der Waals surface area contributed by atoms with E-state index >= 15 is 0 Å². The van der Waals surface area contributed by atoms with Gasteiger partial charge in [0.25, 0.3) is 0 Å². The number of benzene rings is 2. The lowest BCUT2D eigenvalue weighted by Gasteiger charge is -2.31. The number of para-hydroxylation sites is 1. The van der Waals surface area contributed by atoms with E-state index in [2.05, 4.69) is 64.8 Å². The van der Waals surface area contributed by atoms with Crippen molar-refractivity contribution in [1.82, 2.24) is 5.32 Å². The summed E-state index contributed by atoms with van der Waals surface area (Å²) in [6.07, 6.45) is 3.62. The minimum Gasteiger partial charge on any atom is -0.370 e. The van der Waals surface area contributed by atoms with Crippen LogP contribution in [0.15, 0.2) is 54.6 Å². The fourth-order valence-corrected chi connectivity index (χ4v) is 3.06. The molecular formula is C19H24N2. The van der Waals surface area contributed by atoms with Crippen LogP contribution in [0.5, 0.6) is 0 Å². The van der Waals surface area contributed by atoms with E-state index in [1.54, 1.807) is 0 Å². The van der Waals surface area contributed by atoms with E-state index in [0.717, 1.165) is 26.1 Å². The number of nitrogens with zero attached hydrogens (tertiary/aromatic N) is 1. The molecule has 0 saturated carbocycles. The normalized spacial score (nSPS) is 14.0. The van der Waals surface area contributed by atoms with Crippen molar-refractivity contribution in [2.24, 2.45) is 0 Å². The molecule has 110 valence electrons. The van der Waals surface area contributed by atoms with E-state index in [-0.39, 0.29) is 0 Å². The number of anilines is 1. The predicted octanol–water partition coefficient (Wildman–Crippen LogP) is 3.27. The van der Waals surface area contributed by atoms with Gasteiger partial charge in [0.1, 0.15) is 0 Å². The average molecular weight is 280 g/mol. The van der Waals surface area contributed by atoms with E-state index < -0.39 is 0 Å². The van der Waals surface area contributed by atoms with Gasteiger partial charge < -0.3 is 10.2 Å². The molecule has 1 aliphatic rings. The fraction of sp³-hybridized carbons (Fsp3) is 0.368. The predicted molar refractivity (Wildman–Crippen MR) is 90.0 cm³/mol. The molecule has 1 aliphatic heterocycles. The second-order valence-electron chi connectivity index (χ2n) is 5.70. The molecule has 2 nitrogen and oxygen atoms in total. The molecule has 0 saturated heterocycles. The highest BCUT2D eigenvalue weighted by molar-refractivity contribution is 5.55. The van der Waals surface area contributed by atoms with Crippen molar-refractivity contribution in [1.29, 1.82) is 0 Å². The van der Waals surface area contributed by atoms with Crippen LogP contribution >= 0.6 is 0 Å². The topological polar surface area (TPSA) is 15.3 Å². The molecule has 0 atom stereocenters. The Morgan fingerprint density at radius 2 is 1.71 bits per heavy atom. The average Bonchev–Trinajstić information content (AvgIpc) is 2.56. The van der Waals surface area contributed by atoms with Crippen molar-refractivity contribution in [3.63, 3.8) is 0 Å². The molecule has 0 bridgehead atoms. The molecule has 3 rings (SSSR count). The lowest BCUT2D eigenvalue weighted by Crippen LogP contribution is -2.36. The number of fused-ring (bicyclic) bond motifs is 1. The Morgan fingerprint density at radius 3 is 2.62 bits per heavy atom. The summed E-state index contributed by atoms with van der Waals surface area (Å²) in [6, 6.07) is 19.5. The van der Waals surface area contributed by atoms with Crippen LogP contribution in [0.1, 0.15) is 17.5 Å². The zero-order valence-corrected chi connectivity index (χ0v) is 12.6. The quantitative estimate of drug-likeness (QED) is 0.817. The molecule has 2 heteroatoms. The van der Waals surface area contributed by atoms with E-state index in [1.807, 2.05) is 0 Å². The van der Waals surface area contributed by atoms with Gasteiger partial charge in [0.05, 0.1) is 0 Å². The van der Waals surface area contributed by atoms with Crippen molar-refractivity contribution in [2.75, 3.05) is 31.1 Å². The third-order valence-electron chi connectivity index (χ3n) is 4.20. The minimum absolute atomic E-state index is 1.06. The van der Waals surface area contributed by atoms with Crippen LogP contribution in [0.3, 0.4) is 0 Å². The largest absolute Gasteiger partial charge is 0.370 e. The first-order chi connectivity index (χ1) is 10.4. The molecule has 2 aromatic carbocycles. The monoisotopic (exact) mass is 280 g/mol. The molecule has 0 aromatic heterocycles.